The molecule has 0 saturated heterocycles. The predicted octanol–water partition coefficient (Wildman–Crippen LogP) is 3.46. The van der Waals surface area contributed by atoms with Gasteiger partial charge in [0.1, 0.15) is 4.88 Å². The fraction of sp³-hybridized carbons (Fsp3) is 0.200. The van der Waals surface area contributed by atoms with Gasteiger partial charge in [0.2, 0.25) is 0 Å². The number of carbonyl (C=O) groups excluding carboxylic acids is 2. The van der Waals surface area contributed by atoms with Crippen LogP contribution in [0.3, 0.4) is 0 Å². The second kappa shape index (κ2) is 7.31. The minimum absolute atomic E-state index is 0.0699. The van der Waals surface area contributed by atoms with Crippen molar-refractivity contribution in [1.82, 2.24) is 4.98 Å². The van der Waals surface area contributed by atoms with E-state index in [-0.39, 0.29) is 17.7 Å². The molecule has 1 heterocycles. The normalized spacial score (nSPS) is 10.8. The molecule has 1 aromatic carbocycles. The second-order valence-corrected chi connectivity index (χ2v) is 5.56. The van der Waals surface area contributed by atoms with Gasteiger partial charge in [-0.15, -0.1) is 0 Å². The number of hydrogen-bond acceptors (Lipinski definition) is 6. The number of esters is 1. The number of rotatable bonds is 4. The van der Waals surface area contributed by atoms with Gasteiger partial charge in [0, 0.05) is 5.56 Å². The number of hydrogen-bond donors (Lipinski definition) is 1. The van der Waals surface area contributed by atoms with Crippen LogP contribution < -0.4 is 5.32 Å². The fourth-order valence-electron chi connectivity index (χ4n) is 1.80. The van der Waals surface area contributed by atoms with E-state index in [1.165, 1.54) is 31.2 Å². The van der Waals surface area contributed by atoms with E-state index in [0.29, 0.717) is 11.3 Å². The molecule has 1 amide bonds. The Hall–Kier alpha value is -2.93. The molecule has 25 heavy (non-hydrogen) atoms. The number of ether oxygens (including phenoxy) is 1. The Kier molecular flexibility index (Phi) is 5.38. The molecule has 2 rings (SSSR count). The van der Waals surface area contributed by atoms with Gasteiger partial charge in [0.15, 0.2) is 10.8 Å². The maximum Gasteiger partial charge on any atom is 0.435 e. The first kappa shape index (κ1) is 18.4. The van der Waals surface area contributed by atoms with Crippen molar-refractivity contribution in [2.45, 2.75) is 13.1 Å². The summed E-state index contributed by atoms with van der Waals surface area (Å²) in [6.45, 7) is 1.35. The lowest BCUT2D eigenvalue weighted by Gasteiger charge is -2.05. The van der Waals surface area contributed by atoms with Crippen LogP contribution in [-0.2, 0) is 10.9 Å². The number of aromatic nitrogens is 1. The van der Waals surface area contributed by atoms with E-state index in [0.717, 1.165) is 0 Å². The number of alkyl halides is 3. The molecule has 0 radical (unpaired) electrons. The minimum Gasteiger partial charge on any atom is -0.462 e. The van der Waals surface area contributed by atoms with Crippen LogP contribution in [0.25, 0.3) is 0 Å². The van der Waals surface area contributed by atoms with Gasteiger partial charge in [0.25, 0.3) is 5.91 Å². The zero-order valence-corrected chi connectivity index (χ0v) is 13.5. The van der Waals surface area contributed by atoms with Crippen molar-refractivity contribution in [2.75, 3.05) is 11.9 Å². The summed E-state index contributed by atoms with van der Waals surface area (Å²) >= 11 is 0.365. The second-order valence-electron chi connectivity index (χ2n) is 4.56. The quantitative estimate of drug-likeness (QED) is 0.833. The maximum atomic E-state index is 13.0. The van der Waals surface area contributed by atoms with Crippen LogP contribution in [0.1, 0.15) is 38.2 Å². The number of thiazole rings is 1. The molecule has 0 atom stereocenters. The summed E-state index contributed by atoms with van der Waals surface area (Å²) in [5.74, 6) is -1.92. The van der Waals surface area contributed by atoms with Crippen molar-refractivity contribution in [3.8, 4) is 6.07 Å². The fourth-order valence-corrected chi connectivity index (χ4v) is 2.67. The molecule has 130 valence electrons. The van der Waals surface area contributed by atoms with Gasteiger partial charge in [-0.05, 0) is 25.1 Å². The van der Waals surface area contributed by atoms with Crippen molar-refractivity contribution in [3.63, 3.8) is 0 Å². The Labute approximate surface area is 143 Å². The largest absolute Gasteiger partial charge is 0.462 e. The van der Waals surface area contributed by atoms with Gasteiger partial charge >= 0.3 is 12.1 Å². The Morgan fingerprint density at radius 2 is 2.12 bits per heavy atom. The Bertz CT molecular complexity index is 856. The van der Waals surface area contributed by atoms with Crippen LogP contribution in [0, 0.1) is 11.3 Å². The zero-order valence-electron chi connectivity index (χ0n) is 12.7. The summed E-state index contributed by atoms with van der Waals surface area (Å²) in [5.41, 5.74) is -1.13. The van der Waals surface area contributed by atoms with E-state index in [1.807, 2.05) is 6.07 Å². The first-order valence-electron chi connectivity index (χ1n) is 6.83. The van der Waals surface area contributed by atoms with Crippen LogP contribution in [-0.4, -0.2) is 23.5 Å². The van der Waals surface area contributed by atoms with Crippen LogP contribution in [0.5, 0.6) is 0 Å². The average Bonchev–Trinajstić information content (AvgIpc) is 2.99. The number of nitrogens with zero attached hydrogens (tertiary/aromatic N) is 2. The lowest BCUT2D eigenvalue weighted by atomic mass is 10.1. The highest BCUT2D eigenvalue weighted by Gasteiger charge is 2.40. The molecule has 1 aromatic heterocycles. The Morgan fingerprint density at radius 3 is 2.72 bits per heavy atom. The molecule has 0 unspecified atom stereocenters. The molecule has 0 aliphatic rings. The number of nitrogens with one attached hydrogen (secondary N) is 1. The van der Waals surface area contributed by atoms with Crippen molar-refractivity contribution < 1.29 is 27.5 Å². The molecule has 6 nitrogen and oxygen atoms in total. The zero-order chi connectivity index (χ0) is 18.6. The number of carbonyl (C=O) groups is 2. The first-order chi connectivity index (χ1) is 11.8. The first-order valence-corrected chi connectivity index (χ1v) is 7.64. The number of halogens is 3. The highest BCUT2D eigenvalue weighted by molar-refractivity contribution is 7.17. The third kappa shape index (κ3) is 4.33. The SMILES string of the molecule is CCOC(=O)c1sc(NC(=O)c2cccc(C#N)c2)nc1C(F)(F)F. The van der Waals surface area contributed by atoms with Crippen LogP contribution in [0.15, 0.2) is 24.3 Å². The monoisotopic (exact) mass is 369 g/mol. The molecule has 0 spiro atoms. The van der Waals surface area contributed by atoms with Crippen LogP contribution in [0.4, 0.5) is 18.3 Å². The molecule has 2 aromatic rings. The van der Waals surface area contributed by atoms with E-state index >= 15 is 0 Å². The topological polar surface area (TPSA) is 92.1 Å². The number of anilines is 1. The number of benzene rings is 1. The maximum absolute atomic E-state index is 13.0. The number of nitriles is 1. The van der Waals surface area contributed by atoms with E-state index < -0.39 is 33.8 Å². The molecule has 0 aliphatic carbocycles. The van der Waals surface area contributed by atoms with Gasteiger partial charge in [-0.1, -0.05) is 17.4 Å². The average molecular weight is 369 g/mol. The third-order valence-electron chi connectivity index (χ3n) is 2.83. The summed E-state index contributed by atoms with van der Waals surface area (Å²) in [7, 11) is 0. The van der Waals surface area contributed by atoms with Gasteiger partial charge in [0.05, 0.1) is 18.2 Å². The predicted molar refractivity (Wildman–Crippen MR) is 82.2 cm³/mol. The highest BCUT2D eigenvalue weighted by Crippen LogP contribution is 2.36. The van der Waals surface area contributed by atoms with E-state index in [9.17, 15) is 22.8 Å². The van der Waals surface area contributed by atoms with E-state index in [4.69, 9.17) is 5.26 Å². The van der Waals surface area contributed by atoms with Crippen LogP contribution >= 0.6 is 11.3 Å². The molecule has 10 heteroatoms. The molecule has 0 saturated carbocycles. The molecule has 0 aliphatic heterocycles. The smallest absolute Gasteiger partial charge is 0.435 e. The van der Waals surface area contributed by atoms with Gasteiger partial charge in [-0.25, -0.2) is 9.78 Å². The minimum atomic E-state index is -4.87. The summed E-state index contributed by atoms with van der Waals surface area (Å²) in [6.07, 6.45) is -4.87. The standard InChI is InChI=1S/C15H10F3N3O3S/c1-2-24-13(23)10-11(15(16,17)18)20-14(25-10)21-12(22)9-5-3-4-8(6-9)7-19/h3-6H,2H2,1H3,(H,20,21,22). The van der Waals surface area contributed by atoms with Gasteiger partial charge in [-0.2, -0.15) is 18.4 Å². The summed E-state index contributed by atoms with van der Waals surface area (Å²) in [5, 5.41) is 10.6. The Balaban J connectivity index is 2.32. The van der Waals surface area contributed by atoms with Crippen molar-refractivity contribution in [2.24, 2.45) is 0 Å². The van der Waals surface area contributed by atoms with Crippen LogP contribution in [0.2, 0.25) is 0 Å². The molecule has 0 fully saturated rings. The highest BCUT2D eigenvalue weighted by atomic mass is 32.1. The summed E-state index contributed by atoms with van der Waals surface area (Å²) in [4.78, 5) is 26.3. The molecule has 1 N–H and O–H groups in total. The lowest BCUT2D eigenvalue weighted by Crippen LogP contribution is -2.14. The third-order valence-corrected chi connectivity index (χ3v) is 3.78. The molecular weight excluding hydrogens is 359 g/mol. The number of amides is 1. The summed E-state index contributed by atoms with van der Waals surface area (Å²) < 4.78 is 43.6. The van der Waals surface area contributed by atoms with Crippen molar-refractivity contribution >= 4 is 28.3 Å². The molecule has 0 bridgehead atoms. The van der Waals surface area contributed by atoms with Gasteiger partial charge in [-0.3, -0.25) is 10.1 Å². The van der Waals surface area contributed by atoms with Crippen molar-refractivity contribution in [3.05, 3.63) is 46.0 Å². The van der Waals surface area contributed by atoms with Gasteiger partial charge < -0.3 is 4.74 Å². The molecular formula is C15H10F3N3O3S. The van der Waals surface area contributed by atoms with E-state index in [2.05, 4.69) is 15.0 Å². The summed E-state index contributed by atoms with van der Waals surface area (Å²) in [6, 6.07) is 7.44. The Morgan fingerprint density at radius 1 is 1.40 bits per heavy atom. The van der Waals surface area contributed by atoms with E-state index in [1.54, 1.807) is 0 Å². The lowest BCUT2D eigenvalue weighted by molar-refractivity contribution is -0.141. The van der Waals surface area contributed by atoms with Crippen molar-refractivity contribution in [1.29, 1.82) is 5.26 Å².